The summed E-state index contributed by atoms with van der Waals surface area (Å²) in [5.74, 6) is 0.401. The predicted octanol–water partition coefficient (Wildman–Crippen LogP) is 7.70. The van der Waals surface area contributed by atoms with E-state index >= 15 is 0 Å². The van der Waals surface area contributed by atoms with Crippen molar-refractivity contribution in [1.82, 2.24) is 10.1 Å². The number of rotatable bonds is 5. The number of hydrogen-bond acceptors (Lipinski definition) is 5. The molecule has 6 nitrogen and oxygen atoms in total. The average molecular weight is 509 g/mol. The number of aromatic nitrogens is 2. The van der Waals surface area contributed by atoms with E-state index in [4.69, 9.17) is 55.7 Å². The van der Waals surface area contributed by atoms with Crippen molar-refractivity contribution < 1.29 is 14.1 Å². The first-order valence-corrected chi connectivity index (χ1v) is 10.7. The van der Waals surface area contributed by atoms with E-state index in [0.29, 0.717) is 42.9 Å². The summed E-state index contributed by atoms with van der Waals surface area (Å²) in [4.78, 5) is 17.2. The van der Waals surface area contributed by atoms with Gasteiger partial charge in [-0.1, -0.05) is 63.7 Å². The Bertz CT molecular complexity index is 1270. The number of ether oxygens (including phenoxy) is 1. The average Bonchev–Trinajstić information content (AvgIpc) is 3.13. The lowest BCUT2D eigenvalue weighted by Gasteiger charge is -2.10. The number of nitrogens with zero attached hydrogens (tertiary/aromatic N) is 2. The topological polar surface area (TPSA) is 77.2 Å². The van der Waals surface area contributed by atoms with E-state index in [2.05, 4.69) is 15.5 Å². The maximum Gasteiger partial charge on any atom is 0.261 e. The van der Waals surface area contributed by atoms with Crippen LogP contribution in [0.3, 0.4) is 0 Å². The molecule has 32 heavy (non-hydrogen) atoms. The van der Waals surface area contributed by atoms with Gasteiger partial charge in [0.2, 0.25) is 5.88 Å². The van der Waals surface area contributed by atoms with E-state index in [9.17, 15) is 4.79 Å². The molecule has 4 rings (SSSR count). The van der Waals surface area contributed by atoms with Crippen LogP contribution < -0.4 is 10.1 Å². The van der Waals surface area contributed by atoms with Crippen LogP contribution in [0.5, 0.6) is 11.6 Å². The molecule has 1 amide bonds. The van der Waals surface area contributed by atoms with Gasteiger partial charge in [-0.3, -0.25) is 4.79 Å². The lowest BCUT2D eigenvalue weighted by atomic mass is 10.1. The predicted molar refractivity (Wildman–Crippen MR) is 125 cm³/mol. The minimum absolute atomic E-state index is 0.211. The molecule has 0 atom stereocenters. The molecule has 1 N–H and O–H groups in total. The lowest BCUT2D eigenvalue weighted by Crippen LogP contribution is -2.13. The van der Waals surface area contributed by atoms with Crippen LogP contribution in [0.4, 0.5) is 5.69 Å². The Morgan fingerprint density at radius 3 is 2.16 bits per heavy atom. The summed E-state index contributed by atoms with van der Waals surface area (Å²) in [5, 5.41) is 8.14. The summed E-state index contributed by atoms with van der Waals surface area (Å²) in [6.45, 7) is 1.62. The fourth-order valence-corrected chi connectivity index (χ4v) is 3.98. The van der Waals surface area contributed by atoms with Crippen molar-refractivity contribution in [3.63, 3.8) is 0 Å². The molecule has 0 spiro atoms. The van der Waals surface area contributed by atoms with Gasteiger partial charge in [0, 0.05) is 11.6 Å². The Morgan fingerprint density at radius 2 is 1.56 bits per heavy atom. The number of anilines is 1. The molecular formula is C22H13Cl4N3O3. The highest BCUT2D eigenvalue weighted by Gasteiger charge is 2.25. The van der Waals surface area contributed by atoms with Crippen LogP contribution in [0.25, 0.3) is 11.3 Å². The zero-order valence-corrected chi connectivity index (χ0v) is 19.4. The highest BCUT2D eigenvalue weighted by atomic mass is 35.5. The highest BCUT2D eigenvalue weighted by Crippen LogP contribution is 2.37. The molecule has 162 valence electrons. The van der Waals surface area contributed by atoms with Gasteiger partial charge < -0.3 is 14.6 Å². The summed E-state index contributed by atoms with van der Waals surface area (Å²) in [7, 11) is 0. The molecule has 0 radical (unpaired) electrons. The second kappa shape index (κ2) is 9.38. The molecule has 0 unspecified atom stereocenters. The molecule has 0 fully saturated rings. The van der Waals surface area contributed by atoms with Gasteiger partial charge in [-0.05, 0) is 37.3 Å². The molecule has 0 saturated heterocycles. The maximum atomic E-state index is 13.0. The van der Waals surface area contributed by atoms with Gasteiger partial charge in [-0.2, -0.15) is 0 Å². The number of benzene rings is 2. The van der Waals surface area contributed by atoms with Gasteiger partial charge in [-0.25, -0.2) is 4.98 Å². The summed E-state index contributed by atoms with van der Waals surface area (Å²) in [6.07, 6.45) is 1.43. The molecule has 10 heteroatoms. The number of halogens is 4. The summed E-state index contributed by atoms with van der Waals surface area (Å²) >= 11 is 24.8. The second-order valence-electron chi connectivity index (χ2n) is 6.55. The molecule has 2 heterocycles. The molecule has 0 saturated carbocycles. The Hall–Kier alpha value is -2.77. The Kier molecular flexibility index (Phi) is 6.58. The van der Waals surface area contributed by atoms with Crippen molar-refractivity contribution >= 4 is 58.0 Å². The summed E-state index contributed by atoms with van der Waals surface area (Å²) < 4.78 is 10.9. The zero-order chi connectivity index (χ0) is 22.8. The van der Waals surface area contributed by atoms with Crippen LogP contribution >= 0.6 is 46.4 Å². The van der Waals surface area contributed by atoms with Crippen LogP contribution in [-0.4, -0.2) is 16.0 Å². The number of para-hydroxylation sites is 1. The smallest absolute Gasteiger partial charge is 0.261 e. The molecule has 4 aromatic rings. The van der Waals surface area contributed by atoms with E-state index in [0.717, 1.165) is 0 Å². The van der Waals surface area contributed by atoms with Crippen LogP contribution in [0.2, 0.25) is 20.1 Å². The van der Waals surface area contributed by atoms with Gasteiger partial charge >= 0.3 is 0 Å². The SMILES string of the molecule is Cc1onc(-c2c(Cl)cccc2Cl)c1C(=O)Nc1ccc(Oc2c(Cl)cccc2Cl)nc1. The van der Waals surface area contributed by atoms with Crippen molar-refractivity contribution in [2.24, 2.45) is 0 Å². The fourth-order valence-electron chi connectivity index (χ4n) is 2.93. The van der Waals surface area contributed by atoms with Crippen molar-refractivity contribution in [3.05, 3.63) is 86.1 Å². The summed E-state index contributed by atoms with van der Waals surface area (Å²) in [6, 6.07) is 13.2. The number of carbonyl (C=O) groups is 1. The molecule has 2 aromatic carbocycles. The third kappa shape index (κ3) is 4.54. The lowest BCUT2D eigenvalue weighted by molar-refractivity contribution is 0.102. The monoisotopic (exact) mass is 507 g/mol. The van der Waals surface area contributed by atoms with E-state index in [-0.39, 0.29) is 17.1 Å². The van der Waals surface area contributed by atoms with E-state index < -0.39 is 5.91 Å². The molecule has 0 aliphatic heterocycles. The quantitative estimate of drug-likeness (QED) is 0.298. The van der Waals surface area contributed by atoms with E-state index in [1.165, 1.54) is 6.20 Å². The van der Waals surface area contributed by atoms with Crippen molar-refractivity contribution in [3.8, 4) is 22.9 Å². The first-order valence-electron chi connectivity index (χ1n) is 9.15. The minimum Gasteiger partial charge on any atom is -0.436 e. The molecule has 2 aromatic heterocycles. The van der Waals surface area contributed by atoms with E-state index in [1.807, 2.05) is 0 Å². The largest absolute Gasteiger partial charge is 0.436 e. The third-order valence-electron chi connectivity index (χ3n) is 4.41. The van der Waals surface area contributed by atoms with Crippen molar-refractivity contribution in [1.29, 1.82) is 0 Å². The van der Waals surface area contributed by atoms with Gasteiger partial charge in [0.05, 0.1) is 32.0 Å². The number of amides is 1. The van der Waals surface area contributed by atoms with Crippen LogP contribution in [0, 0.1) is 6.92 Å². The Labute approximate surface area is 203 Å². The van der Waals surface area contributed by atoms with Gasteiger partial charge in [0.25, 0.3) is 5.91 Å². The van der Waals surface area contributed by atoms with Gasteiger partial charge in [0.15, 0.2) is 5.75 Å². The van der Waals surface area contributed by atoms with Crippen LogP contribution in [0.15, 0.2) is 59.3 Å². The number of aryl methyl sites for hydroxylation is 1. The third-order valence-corrected chi connectivity index (χ3v) is 5.63. The normalized spacial score (nSPS) is 10.8. The van der Waals surface area contributed by atoms with Crippen LogP contribution in [0.1, 0.15) is 16.1 Å². The highest BCUT2D eigenvalue weighted by molar-refractivity contribution is 6.39. The fraction of sp³-hybridized carbons (Fsp3) is 0.0455. The maximum absolute atomic E-state index is 13.0. The molecular weight excluding hydrogens is 496 g/mol. The van der Waals surface area contributed by atoms with E-state index in [1.54, 1.807) is 55.5 Å². The molecule has 0 aliphatic carbocycles. The number of hydrogen-bond donors (Lipinski definition) is 1. The number of pyridine rings is 1. The molecule has 0 bridgehead atoms. The molecule has 0 aliphatic rings. The Morgan fingerprint density at radius 1 is 0.938 bits per heavy atom. The minimum atomic E-state index is -0.459. The second-order valence-corrected chi connectivity index (χ2v) is 8.18. The summed E-state index contributed by atoms with van der Waals surface area (Å²) in [5.41, 5.74) is 1.29. The Balaban J connectivity index is 1.56. The number of nitrogens with one attached hydrogen (secondary N) is 1. The van der Waals surface area contributed by atoms with Crippen molar-refractivity contribution in [2.45, 2.75) is 6.92 Å². The number of carbonyl (C=O) groups excluding carboxylic acids is 1. The standard InChI is InChI=1S/C22H13Cl4N3O3/c1-11-18(20(29-32-11)19-13(23)4-2-5-14(19)24)22(30)28-12-8-9-17(27-10-12)31-21-15(25)6-3-7-16(21)26/h2-10H,1H3,(H,28,30). The van der Waals surface area contributed by atoms with Gasteiger partial charge in [-0.15, -0.1) is 0 Å². The zero-order valence-electron chi connectivity index (χ0n) is 16.3. The van der Waals surface area contributed by atoms with Gasteiger partial charge in [0.1, 0.15) is 17.0 Å². The van der Waals surface area contributed by atoms with Crippen molar-refractivity contribution in [2.75, 3.05) is 5.32 Å². The van der Waals surface area contributed by atoms with Crippen LogP contribution in [-0.2, 0) is 0 Å². The first kappa shape index (κ1) is 22.4. The first-order chi connectivity index (χ1) is 15.3.